The third-order valence-electron chi connectivity index (χ3n) is 2.78. The third kappa shape index (κ3) is 5.36. The minimum Gasteiger partial charge on any atom is -0.468 e. The number of ketones is 1. The summed E-state index contributed by atoms with van der Waals surface area (Å²) in [5, 5.41) is 0. The number of hydrogen-bond donors (Lipinski definition) is 0. The Hall–Kier alpha value is -1.30. The number of carbonyl (C=O) groups is 3. The van der Waals surface area contributed by atoms with Crippen LogP contribution in [0.15, 0.2) is 0 Å². The Bertz CT molecular complexity index is 377. The Morgan fingerprint density at radius 3 is 2.40 bits per heavy atom. The first kappa shape index (κ1) is 18.7. The Balaban J connectivity index is 0.00000361. The molecule has 1 aliphatic rings. The standard InChI is InChI=1S/C13H21NO5.ClH/c1-13(2,3)19-12(17)14-7-5-6-10(15)9(8-14)11(16)18-4;/h9H,5-8H2,1-4H3;1H. The maximum absolute atomic E-state index is 12.0. The molecule has 1 amide bonds. The second kappa shape index (κ2) is 7.47. The average molecular weight is 308 g/mol. The molecule has 20 heavy (non-hydrogen) atoms. The van der Waals surface area contributed by atoms with Gasteiger partial charge in [0.2, 0.25) is 0 Å². The van der Waals surface area contributed by atoms with Gasteiger partial charge in [-0.05, 0) is 27.2 Å². The Morgan fingerprint density at radius 2 is 1.90 bits per heavy atom. The highest BCUT2D eigenvalue weighted by Crippen LogP contribution is 2.17. The van der Waals surface area contributed by atoms with Crippen LogP contribution in [0.5, 0.6) is 0 Å². The number of esters is 1. The first-order chi connectivity index (χ1) is 8.74. The van der Waals surface area contributed by atoms with Crippen LogP contribution in [0.3, 0.4) is 0 Å². The van der Waals surface area contributed by atoms with Crippen molar-refractivity contribution in [3.05, 3.63) is 0 Å². The maximum Gasteiger partial charge on any atom is 0.410 e. The topological polar surface area (TPSA) is 72.9 Å². The minimum atomic E-state index is -0.903. The van der Waals surface area contributed by atoms with Crippen molar-refractivity contribution in [2.24, 2.45) is 5.92 Å². The van der Waals surface area contributed by atoms with Crippen LogP contribution in [0.1, 0.15) is 33.6 Å². The molecule has 1 rings (SSSR count). The molecule has 1 aliphatic heterocycles. The van der Waals surface area contributed by atoms with E-state index < -0.39 is 23.6 Å². The minimum absolute atomic E-state index is 0. The van der Waals surface area contributed by atoms with Crippen LogP contribution in [-0.2, 0) is 19.1 Å². The number of halogens is 1. The number of nitrogens with zero attached hydrogens (tertiary/aromatic N) is 1. The molecule has 0 spiro atoms. The van der Waals surface area contributed by atoms with Crippen LogP contribution in [-0.4, -0.2) is 48.5 Å². The second-order valence-corrected chi connectivity index (χ2v) is 5.57. The van der Waals surface area contributed by atoms with Gasteiger partial charge in [-0.1, -0.05) is 0 Å². The lowest BCUT2D eigenvalue weighted by molar-refractivity contribution is -0.149. The Morgan fingerprint density at radius 1 is 1.30 bits per heavy atom. The summed E-state index contributed by atoms with van der Waals surface area (Å²) in [7, 11) is 1.23. The van der Waals surface area contributed by atoms with Crippen LogP contribution in [0, 0.1) is 5.92 Å². The normalized spacial score (nSPS) is 19.7. The van der Waals surface area contributed by atoms with Crippen LogP contribution >= 0.6 is 12.4 Å². The summed E-state index contributed by atoms with van der Waals surface area (Å²) in [6.45, 7) is 5.75. The monoisotopic (exact) mass is 307 g/mol. The van der Waals surface area contributed by atoms with Gasteiger partial charge in [0.15, 0.2) is 0 Å². The molecular formula is C13H22ClNO5. The molecule has 0 N–H and O–H groups in total. The van der Waals surface area contributed by atoms with Crippen molar-refractivity contribution in [1.29, 1.82) is 0 Å². The van der Waals surface area contributed by atoms with Gasteiger partial charge in [0.1, 0.15) is 17.3 Å². The molecule has 116 valence electrons. The smallest absolute Gasteiger partial charge is 0.410 e. The number of likely N-dealkylation sites (tertiary alicyclic amines) is 1. The maximum atomic E-state index is 12.0. The molecule has 7 heteroatoms. The van der Waals surface area contributed by atoms with E-state index in [1.54, 1.807) is 20.8 Å². The summed E-state index contributed by atoms with van der Waals surface area (Å²) in [4.78, 5) is 36.7. The first-order valence-corrected chi connectivity index (χ1v) is 6.33. The van der Waals surface area contributed by atoms with E-state index in [0.29, 0.717) is 13.0 Å². The van der Waals surface area contributed by atoms with Gasteiger partial charge in [0.25, 0.3) is 0 Å². The largest absolute Gasteiger partial charge is 0.468 e. The average Bonchev–Trinajstić information content (AvgIpc) is 2.48. The number of rotatable bonds is 1. The molecule has 1 atom stereocenters. The molecular weight excluding hydrogens is 286 g/mol. The summed E-state index contributed by atoms with van der Waals surface area (Å²) in [6.07, 6.45) is 0.307. The lowest BCUT2D eigenvalue weighted by Crippen LogP contribution is -2.41. The highest BCUT2D eigenvalue weighted by molar-refractivity contribution is 5.99. The number of carbonyl (C=O) groups excluding carboxylic acids is 3. The molecule has 6 nitrogen and oxygen atoms in total. The molecule has 1 heterocycles. The van der Waals surface area contributed by atoms with Gasteiger partial charge in [-0.3, -0.25) is 9.59 Å². The first-order valence-electron chi connectivity index (χ1n) is 6.33. The van der Waals surface area contributed by atoms with Crippen molar-refractivity contribution in [1.82, 2.24) is 4.90 Å². The van der Waals surface area contributed by atoms with Crippen molar-refractivity contribution >= 4 is 30.3 Å². The molecule has 0 aromatic heterocycles. The van der Waals surface area contributed by atoms with E-state index in [-0.39, 0.29) is 31.2 Å². The van der Waals surface area contributed by atoms with Gasteiger partial charge in [0, 0.05) is 19.5 Å². The van der Waals surface area contributed by atoms with E-state index in [9.17, 15) is 14.4 Å². The van der Waals surface area contributed by atoms with Crippen molar-refractivity contribution in [3.8, 4) is 0 Å². The van der Waals surface area contributed by atoms with Gasteiger partial charge in [-0.25, -0.2) is 4.79 Å². The number of Topliss-reactive ketones (excluding diaryl/α,β-unsaturated/α-hetero) is 1. The van der Waals surface area contributed by atoms with Crippen LogP contribution in [0.2, 0.25) is 0 Å². The number of amides is 1. The van der Waals surface area contributed by atoms with E-state index in [0.717, 1.165) is 0 Å². The zero-order chi connectivity index (χ0) is 14.6. The summed E-state index contributed by atoms with van der Waals surface area (Å²) >= 11 is 0. The molecule has 0 aliphatic carbocycles. The predicted octanol–water partition coefficient (Wildman–Crippen LogP) is 1.80. The molecule has 0 aromatic carbocycles. The fourth-order valence-corrected chi connectivity index (χ4v) is 1.87. The molecule has 0 saturated carbocycles. The number of hydrogen-bond acceptors (Lipinski definition) is 5. The van der Waals surface area contributed by atoms with E-state index >= 15 is 0 Å². The molecule has 0 aromatic rings. The third-order valence-corrected chi connectivity index (χ3v) is 2.78. The predicted molar refractivity (Wildman–Crippen MR) is 74.8 cm³/mol. The van der Waals surface area contributed by atoms with Gasteiger partial charge < -0.3 is 14.4 Å². The van der Waals surface area contributed by atoms with Crippen molar-refractivity contribution in [2.45, 2.75) is 39.2 Å². The summed E-state index contributed by atoms with van der Waals surface area (Å²) in [5.74, 6) is -1.68. The van der Waals surface area contributed by atoms with Crippen molar-refractivity contribution in [2.75, 3.05) is 20.2 Å². The molecule has 0 radical (unpaired) electrons. The fourth-order valence-electron chi connectivity index (χ4n) is 1.87. The van der Waals surface area contributed by atoms with E-state index in [1.807, 2.05) is 0 Å². The van der Waals surface area contributed by atoms with Gasteiger partial charge in [-0.2, -0.15) is 0 Å². The van der Waals surface area contributed by atoms with E-state index in [1.165, 1.54) is 12.0 Å². The summed E-state index contributed by atoms with van der Waals surface area (Å²) in [6, 6.07) is 0. The SMILES string of the molecule is COC(=O)C1CN(C(=O)OC(C)(C)C)CCCC1=O.Cl. The van der Waals surface area contributed by atoms with E-state index in [4.69, 9.17) is 4.74 Å². The lowest BCUT2D eigenvalue weighted by atomic mass is 10.0. The van der Waals surface area contributed by atoms with Crippen molar-refractivity contribution in [3.63, 3.8) is 0 Å². The second-order valence-electron chi connectivity index (χ2n) is 5.57. The van der Waals surface area contributed by atoms with Crippen LogP contribution < -0.4 is 0 Å². The quantitative estimate of drug-likeness (QED) is 0.545. The molecule has 0 bridgehead atoms. The zero-order valence-corrected chi connectivity index (χ0v) is 13.1. The van der Waals surface area contributed by atoms with Gasteiger partial charge in [0.05, 0.1) is 7.11 Å². The fraction of sp³-hybridized carbons (Fsp3) is 0.769. The van der Waals surface area contributed by atoms with Gasteiger partial charge in [-0.15, -0.1) is 12.4 Å². The zero-order valence-electron chi connectivity index (χ0n) is 12.3. The van der Waals surface area contributed by atoms with Crippen LogP contribution in [0.25, 0.3) is 0 Å². The molecule has 1 fully saturated rings. The highest BCUT2D eigenvalue weighted by atomic mass is 35.5. The Labute approximate surface area is 125 Å². The van der Waals surface area contributed by atoms with Crippen LogP contribution in [0.4, 0.5) is 4.79 Å². The molecule has 1 saturated heterocycles. The van der Waals surface area contributed by atoms with E-state index in [2.05, 4.69) is 4.74 Å². The summed E-state index contributed by atoms with van der Waals surface area (Å²) < 4.78 is 9.86. The highest BCUT2D eigenvalue weighted by Gasteiger charge is 2.34. The summed E-state index contributed by atoms with van der Waals surface area (Å²) in [5.41, 5.74) is -0.603. The van der Waals surface area contributed by atoms with Gasteiger partial charge >= 0.3 is 12.1 Å². The van der Waals surface area contributed by atoms with Crippen molar-refractivity contribution < 1.29 is 23.9 Å². The molecule has 1 unspecified atom stereocenters. The number of methoxy groups -OCH3 is 1. The number of ether oxygens (including phenoxy) is 2. The Kier molecular flexibility index (Phi) is 6.99. The lowest BCUT2D eigenvalue weighted by Gasteiger charge is -2.27.